The van der Waals surface area contributed by atoms with Crippen molar-refractivity contribution < 1.29 is 18.7 Å². The SMILES string of the molecule is COc1ccc(-c2csc(NC(=O)CCC(=O)c3ccccc3)n2)cc1F. The number of ether oxygens (including phenoxy) is 1. The zero-order chi connectivity index (χ0) is 19.2. The summed E-state index contributed by atoms with van der Waals surface area (Å²) in [5.41, 5.74) is 1.73. The van der Waals surface area contributed by atoms with Crippen molar-refractivity contribution in [3.8, 4) is 17.0 Å². The standard InChI is InChI=1S/C20H17FN2O3S/c1-26-18-9-7-14(11-15(18)21)16-12-27-20(22-16)23-19(25)10-8-17(24)13-5-3-2-4-6-13/h2-7,9,11-12H,8,10H2,1H3,(H,22,23,25). The van der Waals surface area contributed by atoms with Crippen LogP contribution in [0, 0.1) is 5.82 Å². The average Bonchev–Trinajstić information content (AvgIpc) is 3.15. The van der Waals surface area contributed by atoms with E-state index < -0.39 is 5.82 Å². The average molecular weight is 384 g/mol. The lowest BCUT2D eigenvalue weighted by atomic mass is 10.1. The third-order valence-corrected chi connectivity index (χ3v) is 4.63. The number of hydrogen-bond acceptors (Lipinski definition) is 5. The largest absolute Gasteiger partial charge is 0.494 e. The van der Waals surface area contributed by atoms with Crippen molar-refractivity contribution >= 4 is 28.2 Å². The Morgan fingerprint density at radius 2 is 1.93 bits per heavy atom. The normalized spacial score (nSPS) is 10.4. The molecule has 0 radical (unpaired) electrons. The van der Waals surface area contributed by atoms with Crippen LogP contribution in [-0.4, -0.2) is 23.8 Å². The maximum absolute atomic E-state index is 13.8. The zero-order valence-corrected chi connectivity index (χ0v) is 15.4. The highest BCUT2D eigenvalue weighted by molar-refractivity contribution is 7.14. The summed E-state index contributed by atoms with van der Waals surface area (Å²) in [6, 6.07) is 13.4. The zero-order valence-electron chi connectivity index (χ0n) is 14.6. The molecule has 0 aliphatic carbocycles. The number of carbonyl (C=O) groups excluding carboxylic acids is 2. The number of hydrogen-bond donors (Lipinski definition) is 1. The number of aromatic nitrogens is 1. The highest BCUT2D eigenvalue weighted by Crippen LogP contribution is 2.28. The van der Waals surface area contributed by atoms with Gasteiger partial charge in [-0.2, -0.15) is 0 Å². The van der Waals surface area contributed by atoms with Gasteiger partial charge >= 0.3 is 0 Å². The molecular formula is C20H17FN2O3S. The molecule has 1 aromatic heterocycles. The monoisotopic (exact) mass is 384 g/mol. The van der Waals surface area contributed by atoms with Crippen LogP contribution in [-0.2, 0) is 4.79 Å². The molecule has 138 valence electrons. The number of anilines is 1. The van der Waals surface area contributed by atoms with Crippen molar-refractivity contribution in [2.75, 3.05) is 12.4 Å². The Kier molecular flexibility index (Phi) is 5.93. The van der Waals surface area contributed by atoms with Crippen LogP contribution in [0.3, 0.4) is 0 Å². The van der Waals surface area contributed by atoms with Gasteiger partial charge < -0.3 is 10.1 Å². The van der Waals surface area contributed by atoms with Crippen LogP contribution in [0.1, 0.15) is 23.2 Å². The molecule has 1 N–H and O–H groups in total. The minimum absolute atomic E-state index is 0.0693. The van der Waals surface area contributed by atoms with E-state index in [1.807, 2.05) is 6.07 Å². The van der Waals surface area contributed by atoms with Crippen molar-refractivity contribution in [2.45, 2.75) is 12.8 Å². The third-order valence-electron chi connectivity index (χ3n) is 3.87. The summed E-state index contributed by atoms with van der Waals surface area (Å²) in [6.07, 6.45) is 0.192. The molecule has 0 aliphatic heterocycles. The van der Waals surface area contributed by atoms with Gasteiger partial charge in [0.15, 0.2) is 22.5 Å². The summed E-state index contributed by atoms with van der Waals surface area (Å²) in [6.45, 7) is 0. The third kappa shape index (κ3) is 4.77. The number of benzene rings is 2. The summed E-state index contributed by atoms with van der Waals surface area (Å²) >= 11 is 1.24. The van der Waals surface area contributed by atoms with E-state index in [2.05, 4.69) is 10.3 Å². The molecule has 0 fully saturated rings. The number of rotatable bonds is 7. The molecule has 3 rings (SSSR count). The van der Waals surface area contributed by atoms with Crippen molar-refractivity contribution in [1.82, 2.24) is 4.98 Å². The second-order valence-electron chi connectivity index (χ2n) is 5.72. The Morgan fingerprint density at radius 3 is 2.63 bits per heavy atom. The number of Topliss-reactive ketones (excluding diaryl/α,β-unsaturated/α-hetero) is 1. The molecule has 27 heavy (non-hydrogen) atoms. The molecule has 5 nitrogen and oxygen atoms in total. The highest BCUT2D eigenvalue weighted by atomic mass is 32.1. The van der Waals surface area contributed by atoms with E-state index in [1.165, 1.54) is 30.6 Å². The molecular weight excluding hydrogens is 367 g/mol. The highest BCUT2D eigenvalue weighted by Gasteiger charge is 2.12. The smallest absolute Gasteiger partial charge is 0.226 e. The first-order valence-corrected chi connectivity index (χ1v) is 9.12. The van der Waals surface area contributed by atoms with Gasteiger partial charge in [0.05, 0.1) is 12.8 Å². The number of carbonyl (C=O) groups is 2. The fourth-order valence-corrected chi connectivity index (χ4v) is 3.20. The number of methoxy groups -OCH3 is 1. The Hall–Kier alpha value is -3.06. The van der Waals surface area contributed by atoms with Crippen LogP contribution in [0.15, 0.2) is 53.9 Å². The van der Waals surface area contributed by atoms with Gasteiger partial charge in [-0.1, -0.05) is 30.3 Å². The van der Waals surface area contributed by atoms with E-state index in [0.717, 1.165) is 0 Å². The molecule has 0 unspecified atom stereocenters. The molecule has 0 aliphatic rings. The minimum Gasteiger partial charge on any atom is -0.494 e. The molecule has 1 amide bonds. The quantitative estimate of drug-likeness (QED) is 0.607. The maximum Gasteiger partial charge on any atom is 0.226 e. The van der Waals surface area contributed by atoms with Gasteiger partial charge in [0.2, 0.25) is 5.91 Å². The van der Waals surface area contributed by atoms with E-state index in [0.29, 0.717) is 22.0 Å². The molecule has 0 spiro atoms. The Morgan fingerprint density at radius 1 is 1.15 bits per heavy atom. The van der Waals surface area contributed by atoms with Crippen LogP contribution < -0.4 is 10.1 Å². The first-order chi connectivity index (χ1) is 13.1. The van der Waals surface area contributed by atoms with E-state index in [9.17, 15) is 14.0 Å². The number of thiazole rings is 1. The van der Waals surface area contributed by atoms with Gasteiger partial charge in [-0.05, 0) is 18.2 Å². The summed E-state index contributed by atoms with van der Waals surface area (Å²) in [7, 11) is 1.40. The molecule has 2 aromatic carbocycles. The van der Waals surface area contributed by atoms with Crippen molar-refractivity contribution in [3.63, 3.8) is 0 Å². The molecule has 0 atom stereocenters. The minimum atomic E-state index is -0.479. The van der Waals surface area contributed by atoms with Gasteiger partial charge in [0.25, 0.3) is 0 Å². The Bertz CT molecular complexity index is 957. The topological polar surface area (TPSA) is 68.3 Å². The predicted octanol–water partition coefficient (Wildman–Crippen LogP) is 4.56. The number of ketones is 1. The number of halogens is 1. The van der Waals surface area contributed by atoms with E-state index in [-0.39, 0.29) is 30.3 Å². The van der Waals surface area contributed by atoms with Crippen molar-refractivity contribution in [2.24, 2.45) is 0 Å². The lowest BCUT2D eigenvalue weighted by Crippen LogP contribution is -2.13. The first-order valence-electron chi connectivity index (χ1n) is 8.24. The van der Waals surface area contributed by atoms with Crippen LogP contribution in [0.4, 0.5) is 9.52 Å². The molecule has 0 saturated heterocycles. The van der Waals surface area contributed by atoms with E-state index >= 15 is 0 Å². The molecule has 0 saturated carbocycles. The second-order valence-corrected chi connectivity index (χ2v) is 6.58. The summed E-state index contributed by atoms with van der Waals surface area (Å²) in [5, 5.41) is 4.80. The van der Waals surface area contributed by atoms with Crippen LogP contribution >= 0.6 is 11.3 Å². The number of nitrogens with zero attached hydrogens (tertiary/aromatic N) is 1. The van der Waals surface area contributed by atoms with Crippen molar-refractivity contribution in [3.05, 3.63) is 65.3 Å². The molecule has 3 aromatic rings. The first kappa shape index (κ1) is 18.7. The van der Waals surface area contributed by atoms with Crippen LogP contribution in [0.2, 0.25) is 0 Å². The van der Waals surface area contributed by atoms with Crippen LogP contribution in [0.25, 0.3) is 11.3 Å². The fourth-order valence-electron chi connectivity index (χ4n) is 2.47. The van der Waals surface area contributed by atoms with E-state index in [1.54, 1.807) is 35.7 Å². The summed E-state index contributed by atoms with van der Waals surface area (Å²) < 4.78 is 18.7. The predicted molar refractivity (Wildman–Crippen MR) is 103 cm³/mol. The van der Waals surface area contributed by atoms with Gasteiger partial charge in [-0.3, -0.25) is 9.59 Å². The number of nitrogens with one attached hydrogen (secondary N) is 1. The summed E-state index contributed by atoms with van der Waals surface area (Å²) in [4.78, 5) is 28.4. The van der Waals surface area contributed by atoms with Gasteiger partial charge in [0.1, 0.15) is 0 Å². The lowest BCUT2D eigenvalue weighted by molar-refractivity contribution is -0.116. The van der Waals surface area contributed by atoms with Gasteiger partial charge in [-0.25, -0.2) is 9.37 Å². The van der Waals surface area contributed by atoms with Crippen molar-refractivity contribution in [1.29, 1.82) is 0 Å². The molecule has 0 bridgehead atoms. The second kappa shape index (κ2) is 8.55. The maximum atomic E-state index is 13.8. The van der Waals surface area contributed by atoms with Gasteiger partial charge in [-0.15, -0.1) is 11.3 Å². The Labute approximate surface area is 159 Å². The van der Waals surface area contributed by atoms with Gasteiger partial charge in [0, 0.05) is 29.3 Å². The number of amides is 1. The molecule has 1 heterocycles. The molecule has 7 heteroatoms. The van der Waals surface area contributed by atoms with E-state index in [4.69, 9.17) is 4.74 Å². The van der Waals surface area contributed by atoms with Crippen LogP contribution in [0.5, 0.6) is 5.75 Å². The Balaban J connectivity index is 1.58. The summed E-state index contributed by atoms with van der Waals surface area (Å²) in [5.74, 6) is -0.695. The lowest BCUT2D eigenvalue weighted by Gasteiger charge is -2.03. The fraction of sp³-hybridized carbons (Fsp3) is 0.150.